The number of benzene rings is 2. The second-order valence-electron chi connectivity index (χ2n) is 8.26. The molecular weight excluding hydrogens is 426 g/mol. The van der Waals surface area contributed by atoms with Crippen LogP contribution in [-0.4, -0.2) is 53.7 Å². The van der Waals surface area contributed by atoms with Gasteiger partial charge < -0.3 is 20.3 Å². The fourth-order valence-corrected chi connectivity index (χ4v) is 4.43. The highest BCUT2D eigenvalue weighted by Crippen LogP contribution is 2.30. The average Bonchev–Trinajstić information content (AvgIpc) is 3.41. The number of para-hydroxylation sites is 1. The zero-order chi connectivity index (χ0) is 23.2. The molecule has 168 valence electrons. The van der Waals surface area contributed by atoms with E-state index in [1.807, 2.05) is 24.3 Å². The molecule has 10 nitrogen and oxygen atoms in total. The van der Waals surface area contributed by atoms with E-state index in [-0.39, 0.29) is 25.4 Å². The van der Waals surface area contributed by atoms with E-state index in [1.54, 1.807) is 18.2 Å². The van der Waals surface area contributed by atoms with Crippen molar-refractivity contribution in [3.63, 3.8) is 0 Å². The Balaban J connectivity index is 1.33. The summed E-state index contributed by atoms with van der Waals surface area (Å²) in [4.78, 5) is 56.5. The van der Waals surface area contributed by atoms with E-state index in [2.05, 4.69) is 20.9 Å². The number of carbonyl (C=O) groups is 4. The number of imide groups is 1. The molecule has 3 aliphatic rings. The van der Waals surface area contributed by atoms with Gasteiger partial charge in [-0.1, -0.05) is 24.3 Å². The summed E-state index contributed by atoms with van der Waals surface area (Å²) in [6.07, 6.45) is 0.124. The number of amides is 5. The molecule has 2 aromatic rings. The minimum Gasteiger partial charge on any atom is -0.497 e. The lowest BCUT2D eigenvalue weighted by Gasteiger charge is -2.30. The van der Waals surface area contributed by atoms with Crippen molar-refractivity contribution in [3.05, 3.63) is 59.2 Å². The van der Waals surface area contributed by atoms with Gasteiger partial charge in [0.2, 0.25) is 5.91 Å². The Hall–Kier alpha value is -4.21. The molecule has 10 heteroatoms. The number of hydrogen-bond donors (Lipinski definition) is 3. The fraction of sp³-hybridized carbons (Fsp3) is 0.261. The van der Waals surface area contributed by atoms with Gasteiger partial charge in [0.1, 0.15) is 17.1 Å². The van der Waals surface area contributed by atoms with Crippen LogP contribution in [-0.2, 0) is 22.6 Å². The van der Waals surface area contributed by atoms with E-state index in [1.165, 1.54) is 12.0 Å². The molecule has 3 aliphatic heterocycles. The van der Waals surface area contributed by atoms with Gasteiger partial charge >= 0.3 is 6.03 Å². The Labute approximate surface area is 189 Å². The highest BCUT2D eigenvalue weighted by molar-refractivity contribution is 6.11. The number of nitrogens with zero attached hydrogens (tertiary/aromatic N) is 2. The molecule has 1 fully saturated rings. The molecule has 3 heterocycles. The van der Waals surface area contributed by atoms with Crippen LogP contribution in [0.25, 0.3) is 0 Å². The van der Waals surface area contributed by atoms with Gasteiger partial charge in [0.25, 0.3) is 11.8 Å². The van der Waals surface area contributed by atoms with Gasteiger partial charge in [-0.25, -0.2) is 9.79 Å². The van der Waals surface area contributed by atoms with Crippen molar-refractivity contribution in [3.8, 4) is 5.75 Å². The van der Waals surface area contributed by atoms with E-state index in [4.69, 9.17) is 4.74 Å². The van der Waals surface area contributed by atoms with Gasteiger partial charge in [0.05, 0.1) is 25.8 Å². The normalized spacial score (nSPS) is 20.7. The van der Waals surface area contributed by atoms with E-state index in [9.17, 15) is 19.2 Å². The second kappa shape index (κ2) is 7.73. The first-order valence-corrected chi connectivity index (χ1v) is 10.4. The van der Waals surface area contributed by atoms with E-state index >= 15 is 0 Å². The number of amidine groups is 1. The van der Waals surface area contributed by atoms with E-state index in [0.29, 0.717) is 23.6 Å². The molecular formula is C23H21N5O5. The maximum atomic E-state index is 13.0. The van der Waals surface area contributed by atoms with Gasteiger partial charge in [-0.2, -0.15) is 0 Å². The Morgan fingerprint density at radius 1 is 1.18 bits per heavy atom. The number of aliphatic imine (C=N–C) groups is 1. The molecule has 33 heavy (non-hydrogen) atoms. The summed E-state index contributed by atoms with van der Waals surface area (Å²) in [6.45, 7) is 0.104. The third-order valence-corrected chi connectivity index (χ3v) is 6.02. The Morgan fingerprint density at radius 2 is 2.00 bits per heavy atom. The lowest BCUT2D eigenvalue weighted by atomic mass is 9.94. The van der Waals surface area contributed by atoms with Crippen molar-refractivity contribution < 1.29 is 23.9 Å². The van der Waals surface area contributed by atoms with E-state index in [0.717, 1.165) is 16.8 Å². The molecule has 0 bridgehead atoms. The number of rotatable bonds is 5. The van der Waals surface area contributed by atoms with Crippen LogP contribution in [0.15, 0.2) is 47.5 Å². The molecule has 1 unspecified atom stereocenters. The molecule has 0 spiro atoms. The molecule has 5 amide bonds. The van der Waals surface area contributed by atoms with Gasteiger partial charge in [0.15, 0.2) is 0 Å². The van der Waals surface area contributed by atoms with Crippen LogP contribution in [0.4, 0.5) is 10.5 Å². The molecule has 5 rings (SSSR count). The molecule has 0 saturated carbocycles. The minimum atomic E-state index is -1.59. The molecule has 0 radical (unpaired) electrons. The van der Waals surface area contributed by atoms with Crippen LogP contribution in [0.1, 0.15) is 27.9 Å². The van der Waals surface area contributed by atoms with Crippen LogP contribution in [0.2, 0.25) is 0 Å². The Kier molecular flexibility index (Phi) is 4.85. The Morgan fingerprint density at radius 3 is 2.73 bits per heavy atom. The average molecular weight is 447 g/mol. The maximum absolute atomic E-state index is 13.0. The smallest absolute Gasteiger partial charge is 0.322 e. The van der Waals surface area contributed by atoms with Crippen LogP contribution in [0, 0.1) is 0 Å². The van der Waals surface area contributed by atoms with E-state index < -0.39 is 23.4 Å². The number of methoxy groups -OCH3 is 1. The van der Waals surface area contributed by atoms with Gasteiger partial charge in [-0.05, 0) is 29.3 Å². The largest absolute Gasteiger partial charge is 0.497 e. The van der Waals surface area contributed by atoms with Crippen molar-refractivity contribution in [2.45, 2.75) is 24.9 Å². The molecule has 1 saturated heterocycles. The van der Waals surface area contributed by atoms with Gasteiger partial charge in [-0.15, -0.1) is 0 Å². The first-order valence-electron chi connectivity index (χ1n) is 10.4. The number of ether oxygens (including phenoxy) is 1. The minimum absolute atomic E-state index is 0.152. The number of nitrogens with one attached hydrogen (secondary N) is 3. The first kappa shape index (κ1) is 20.7. The van der Waals surface area contributed by atoms with Crippen molar-refractivity contribution in [1.82, 2.24) is 20.9 Å². The van der Waals surface area contributed by atoms with Gasteiger partial charge in [-0.3, -0.25) is 19.7 Å². The maximum Gasteiger partial charge on any atom is 0.322 e. The second-order valence-corrected chi connectivity index (χ2v) is 8.26. The number of hydrogen-bond acceptors (Lipinski definition) is 6. The topological polar surface area (TPSA) is 129 Å². The van der Waals surface area contributed by atoms with Crippen LogP contribution in [0.3, 0.4) is 0 Å². The standard InChI is InChI=1S/C23H21N5O5/c1-33-15-7-6-14-11-28(20(30)16(14)9-15)12-23(21(31)26-22(32)27-23)10-19(29)25-18-8-13-4-2-3-5-17(13)24-18/h2-7,9H,8,10-12H2,1H3,(H,24,25,29)(H2,26,27,31,32). The van der Waals surface area contributed by atoms with Crippen molar-refractivity contribution in [2.75, 3.05) is 13.7 Å². The molecule has 3 N–H and O–H groups in total. The lowest BCUT2D eigenvalue weighted by molar-refractivity contribution is -0.130. The quantitative estimate of drug-likeness (QED) is 0.590. The fourth-order valence-electron chi connectivity index (χ4n) is 4.43. The summed E-state index contributed by atoms with van der Waals surface area (Å²) in [5.74, 6) is -0.417. The summed E-state index contributed by atoms with van der Waals surface area (Å²) in [6, 6.07) is 12.0. The van der Waals surface area contributed by atoms with Crippen LogP contribution >= 0.6 is 0 Å². The summed E-state index contributed by atoms with van der Waals surface area (Å²) in [5.41, 5.74) is 1.44. The van der Waals surface area contributed by atoms with Gasteiger partial charge in [0, 0.05) is 18.5 Å². The predicted molar refractivity (Wildman–Crippen MR) is 117 cm³/mol. The zero-order valence-electron chi connectivity index (χ0n) is 17.8. The molecule has 2 aromatic carbocycles. The Bertz CT molecular complexity index is 1240. The van der Waals surface area contributed by atoms with Crippen molar-refractivity contribution >= 4 is 35.3 Å². The third-order valence-electron chi connectivity index (χ3n) is 6.02. The number of carbonyl (C=O) groups excluding carboxylic acids is 4. The molecule has 0 aromatic heterocycles. The summed E-state index contributed by atoms with van der Waals surface area (Å²) in [7, 11) is 1.51. The monoisotopic (exact) mass is 447 g/mol. The van der Waals surface area contributed by atoms with Crippen LogP contribution in [0.5, 0.6) is 5.75 Å². The first-order chi connectivity index (χ1) is 15.9. The highest BCUT2D eigenvalue weighted by Gasteiger charge is 2.50. The lowest BCUT2D eigenvalue weighted by Crippen LogP contribution is -2.57. The summed E-state index contributed by atoms with van der Waals surface area (Å²) >= 11 is 0. The molecule has 1 atom stereocenters. The number of fused-ring (bicyclic) bond motifs is 2. The highest BCUT2D eigenvalue weighted by atomic mass is 16.5. The summed E-state index contributed by atoms with van der Waals surface area (Å²) in [5, 5.41) is 7.50. The predicted octanol–water partition coefficient (Wildman–Crippen LogP) is 1.02. The van der Waals surface area contributed by atoms with Crippen molar-refractivity contribution in [2.24, 2.45) is 4.99 Å². The summed E-state index contributed by atoms with van der Waals surface area (Å²) < 4.78 is 5.19. The number of urea groups is 1. The van der Waals surface area contributed by atoms with Crippen molar-refractivity contribution in [1.29, 1.82) is 0 Å². The molecule has 0 aliphatic carbocycles. The van der Waals surface area contributed by atoms with Crippen LogP contribution < -0.4 is 20.7 Å². The third kappa shape index (κ3) is 3.69. The SMILES string of the molecule is COc1ccc2c(c1)C(=O)N(CC1(CC(=O)NC3=Nc4ccccc4C3)NC(=O)NC1=O)C2. The zero-order valence-corrected chi connectivity index (χ0v) is 17.8.